The molecule has 1 rings (SSSR count). The van der Waals surface area contributed by atoms with Gasteiger partial charge in [-0.05, 0) is 19.1 Å². The third-order valence-corrected chi connectivity index (χ3v) is 5.83. The second-order valence-electron chi connectivity index (χ2n) is 5.18. The first-order valence-electron chi connectivity index (χ1n) is 6.41. The highest BCUT2D eigenvalue weighted by molar-refractivity contribution is 5.12. The largest absolute Gasteiger partial charge is 1.00 e. The summed E-state index contributed by atoms with van der Waals surface area (Å²) < 4.78 is 162. The van der Waals surface area contributed by atoms with Crippen LogP contribution in [-0.4, -0.2) is 33.8 Å². The highest BCUT2D eigenvalue weighted by atomic mass is 127. The Kier molecular flexibility index (Phi) is 7.68. The molecule has 0 saturated carbocycles. The molecule has 15 heteroatoms. The van der Waals surface area contributed by atoms with Crippen LogP contribution in [0.25, 0.3) is 0 Å². The van der Waals surface area contributed by atoms with Crippen LogP contribution in [-0.2, 0) is 0 Å². The number of rotatable bonds is 6. The van der Waals surface area contributed by atoms with Gasteiger partial charge >= 0.3 is 55.0 Å². The summed E-state index contributed by atoms with van der Waals surface area (Å²) in [5, 5.41) is 0. The Bertz CT molecular complexity index is 666. The zero-order valence-electron chi connectivity index (χ0n) is 13.0. The molecule has 0 spiro atoms. The molecule has 0 heterocycles. The van der Waals surface area contributed by atoms with Gasteiger partial charge in [-0.3, -0.25) is 0 Å². The molecule has 0 aliphatic carbocycles. The molecule has 0 amide bonds. The first kappa shape index (κ1) is 27.3. The van der Waals surface area contributed by atoms with Crippen LogP contribution in [0.15, 0.2) is 24.3 Å². The van der Waals surface area contributed by atoms with Gasteiger partial charge < -0.3 is 12.4 Å². The van der Waals surface area contributed by atoms with E-state index < -0.39 is 58.6 Å². The predicted octanol–water partition coefficient (Wildman–Crippen LogP) is -0.0461. The zero-order chi connectivity index (χ0) is 21.7. The van der Waals surface area contributed by atoms with E-state index in [4.69, 9.17) is 0 Å². The van der Waals surface area contributed by atoms with Crippen LogP contribution in [0.4, 0.5) is 57.1 Å². The van der Waals surface area contributed by atoms with Gasteiger partial charge in [-0.2, -0.15) is 57.1 Å². The van der Waals surface area contributed by atoms with Crippen molar-refractivity contribution in [3.63, 3.8) is 0 Å². The van der Waals surface area contributed by atoms with E-state index in [0.717, 1.165) is 24.3 Å². The van der Waals surface area contributed by atoms with Crippen molar-refractivity contribution >= 4 is 0 Å². The smallest absolute Gasteiger partial charge is 0.516 e. The molecule has 1 aromatic carbocycles. The lowest BCUT2D eigenvalue weighted by Crippen LogP contribution is -3.68. The summed E-state index contributed by atoms with van der Waals surface area (Å²) in [4.78, 5) is 0. The second-order valence-corrected chi connectivity index (χ2v) is 8.32. The van der Waals surface area contributed by atoms with E-state index >= 15 is 0 Å². The van der Waals surface area contributed by atoms with E-state index in [9.17, 15) is 57.1 Å². The summed E-state index contributed by atoms with van der Waals surface area (Å²) >= 11 is -3.52. The van der Waals surface area contributed by atoms with Crippen LogP contribution in [0.3, 0.4) is 0 Å². The van der Waals surface area contributed by atoms with E-state index in [1.54, 1.807) is 0 Å². The fraction of sp³-hybridized carbons (Fsp3) is 0.538. The Morgan fingerprint density at radius 1 is 0.571 bits per heavy atom. The van der Waals surface area contributed by atoms with Crippen LogP contribution < -0.4 is 33.6 Å². The summed E-state index contributed by atoms with van der Waals surface area (Å²) in [5.41, 5.74) is 0.430. The van der Waals surface area contributed by atoms with E-state index in [-0.39, 0.29) is 12.4 Å². The molecule has 0 bridgehead atoms. The number of aryl methyl sites for hydroxylation is 1. The number of hydrogen-bond donors (Lipinski definition) is 0. The summed E-state index contributed by atoms with van der Waals surface area (Å²) in [7, 11) is 0. The Morgan fingerprint density at radius 2 is 0.929 bits per heavy atom. The van der Waals surface area contributed by atoms with Gasteiger partial charge in [-0.1, -0.05) is 17.7 Å². The van der Waals surface area contributed by atoms with Crippen molar-refractivity contribution in [1.82, 2.24) is 0 Å². The molecular weight excluding hydrogens is 565 g/mol. The van der Waals surface area contributed by atoms with Gasteiger partial charge in [0.1, 0.15) is 0 Å². The van der Waals surface area contributed by atoms with Crippen molar-refractivity contribution < 1.29 is 90.7 Å². The van der Waals surface area contributed by atoms with E-state index in [1.165, 1.54) is 6.92 Å². The molecule has 0 aliphatic rings. The minimum atomic E-state index is -7.85. The molecule has 0 radical (unpaired) electrons. The molecular formula is C13H7ClF13I. The molecule has 0 unspecified atom stereocenters. The van der Waals surface area contributed by atoms with Crippen LogP contribution in [0, 0.1) is 10.5 Å². The molecule has 28 heavy (non-hydrogen) atoms. The molecule has 164 valence electrons. The standard InChI is InChI=1S/C13H7F13I.ClH/c1-6-2-4-7(5-3-6)27-13(25,26)11(20,21)9(16,17)8(14,15)10(18,19)12(22,23)24;/h2-5H,1H3;1H/q+1;/p-1. The Balaban J connectivity index is 0.00000729. The van der Waals surface area contributed by atoms with Crippen molar-refractivity contribution in [2.24, 2.45) is 0 Å². The molecule has 0 aromatic heterocycles. The molecule has 0 aliphatic heterocycles. The van der Waals surface area contributed by atoms with Gasteiger partial charge in [0.2, 0.25) is 0 Å². The van der Waals surface area contributed by atoms with Crippen molar-refractivity contribution in [2.75, 3.05) is 0 Å². The maximum atomic E-state index is 13.7. The van der Waals surface area contributed by atoms with Gasteiger partial charge in [-0.15, -0.1) is 0 Å². The van der Waals surface area contributed by atoms with Gasteiger partial charge in [0.05, 0.1) is 0 Å². The number of halogens is 15. The second kappa shape index (κ2) is 7.87. The summed E-state index contributed by atoms with van der Waals surface area (Å²) in [6.07, 6.45) is -7.39. The minimum Gasteiger partial charge on any atom is -1.00 e. The molecule has 1 aromatic rings. The third kappa shape index (κ3) is 4.26. The van der Waals surface area contributed by atoms with Crippen molar-refractivity contribution in [3.05, 3.63) is 33.4 Å². The normalized spacial score (nSPS) is 14.6. The topological polar surface area (TPSA) is 0 Å². The quantitative estimate of drug-likeness (QED) is 0.255. The lowest BCUT2D eigenvalue weighted by atomic mass is 9.98. The first-order valence-corrected chi connectivity index (χ1v) is 8.56. The predicted molar refractivity (Wildman–Crippen MR) is 60.7 cm³/mol. The SMILES string of the molecule is Cc1ccc([I+]C(F)(F)C(F)(F)C(F)(F)C(F)(F)C(F)(F)C(F)(F)F)cc1.[Cl-]. The maximum absolute atomic E-state index is 13.7. The fourth-order valence-corrected chi connectivity index (χ4v) is 3.72. The number of alkyl halides is 14. The Hall–Kier alpha value is -0.670. The van der Waals surface area contributed by atoms with Crippen molar-refractivity contribution in [1.29, 1.82) is 0 Å². The summed E-state index contributed by atoms with van der Waals surface area (Å²) in [6.45, 7) is 1.43. The van der Waals surface area contributed by atoms with Crippen LogP contribution >= 0.6 is 0 Å². The zero-order valence-corrected chi connectivity index (χ0v) is 15.9. The molecule has 0 N–H and O–H groups in total. The minimum absolute atomic E-state index is 0. The van der Waals surface area contributed by atoms with Gasteiger partial charge in [0.25, 0.3) is 0 Å². The molecule has 0 nitrogen and oxygen atoms in total. The third-order valence-electron chi connectivity index (χ3n) is 3.13. The van der Waals surface area contributed by atoms with Gasteiger partial charge in [0.15, 0.2) is 3.57 Å². The Morgan fingerprint density at radius 3 is 1.29 bits per heavy atom. The Labute approximate surface area is 165 Å². The summed E-state index contributed by atoms with van der Waals surface area (Å²) in [6, 6.07) is 3.75. The lowest BCUT2D eigenvalue weighted by Gasteiger charge is -2.36. The monoisotopic (exact) mass is 572 g/mol. The number of hydrogen-bond acceptors (Lipinski definition) is 0. The van der Waals surface area contributed by atoms with Gasteiger partial charge in [-0.25, -0.2) is 0 Å². The molecule has 0 saturated heterocycles. The maximum Gasteiger partial charge on any atom is 0.516 e. The lowest BCUT2D eigenvalue weighted by molar-refractivity contribution is -0.790. The van der Waals surface area contributed by atoms with Crippen molar-refractivity contribution in [3.8, 4) is 0 Å². The molecule has 0 atom stereocenters. The van der Waals surface area contributed by atoms with Crippen LogP contribution in [0.5, 0.6) is 0 Å². The first-order chi connectivity index (χ1) is 11.7. The highest BCUT2D eigenvalue weighted by Crippen LogP contribution is 2.59. The molecule has 0 fully saturated rings. The van der Waals surface area contributed by atoms with Crippen LogP contribution in [0.2, 0.25) is 0 Å². The van der Waals surface area contributed by atoms with E-state index in [1.807, 2.05) is 0 Å². The highest BCUT2D eigenvalue weighted by Gasteiger charge is 2.93. The van der Waals surface area contributed by atoms with E-state index in [2.05, 4.69) is 0 Å². The average molecular weight is 573 g/mol. The van der Waals surface area contributed by atoms with Crippen molar-refractivity contribution in [2.45, 2.75) is 40.7 Å². The van der Waals surface area contributed by atoms with E-state index in [0.29, 0.717) is 5.56 Å². The summed E-state index contributed by atoms with van der Waals surface area (Å²) in [5.74, 6) is -30.4. The fourth-order valence-electron chi connectivity index (χ4n) is 1.54. The van der Waals surface area contributed by atoms with Gasteiger partial charge in [0, 0.05) is 0 Å². The average Bonchev–Trinajstić information content (AvgIpc) is 2.47. The van der Waals surface area contributed by atoms with Crippen LogP contribution in [0.1, 0.15) is 5.56 Å². The number of benzene rings is 1.